The van der Waals surface area contributed by atoms with E-state index in [-0.39, 0.29) is 23.7 Å². The monoisotopic (exact) mass is 416 g/mol. The number of hydrogen-bond donors (Lipinski definition) is 0. The first-order chi connectivity index (χ1) is 13.6. The maximum absolute atomic E-state index is 13.6. The first-order valence-electron chi connectivity index (χ1n) is 9.78. The number of carbonyl (C=O) groups is 2. The summed E-state index contributed by atoms with van der Waals surface area (Å²) in [5, 5.41) is 4.30. The van der Waals surface area contributed by atoms with Gasteiger partial charge in [0, 0.05) is 17.5 Å². The average molecular weight is 417 g/mol. The fourth-order valence-electron chi connectivity index (χ4n) is 4.04. The number of aromatic nitrogens is 2. The summed E-state index contributed by atoms with van der Waals surface area (Å²) in [5.41, 5.74) is 4.76. The predicted molar refractivity (Wildman–Crippen MR) is 113 cm³/mol. The van der Waals surface area contributed by atoms with E-state index in [4.69, 9.17) is 9.47 Å². The van der Waals surface area contributed by atoms with Crippen LogP contribution in [0.3, 0.4) is 0 Å². The van der Waals surface area contributed by atoms with Gasteiger partial charge in [0.1, 0.15) is 5.56 Å². The zero-order valence-corrected chi connectivity index (χ0v) is 19.0. The highest BCUT2D eigenvalue weighted by molar-refractivity contribution is 7.99. The normalized spacial score (nSPS) is 15.0. The third-order valence-electron chi connectivity index (χ3n) is 5.46. The summed E-state index contributed by atoms with van der Waals surface area (Å²) >= 11 is 1.86. The Kier molecular flexibility index (Phi) is 5.81. The van der Waals surface area contributed by atoms with Crippen LogP contribution in [0.15, 0.2) is 11.0 Å². The molecule has 1 aliphatic rings. The van der Waals surface area contributed by atoms with Gasteiger partial charge >= 0.3 is 6.16 Å². The lowest BCUT2D eigenvalue weighted by Gasteiger charge is -2.35. The number of aryl methyl sites for hydroxylation is 3. The van der Waals surface area contributed by atoms with Crippen LogP contribution in [0.2, 0.25) is 0 Å². The van der Waals surface area contributed by atoms with Gasteiger partial charge in [-0.05, 0) is 68.0 Å². The van der Waals surface area contributed by atoms with Crippen LogP contribution in [0, 0.1) is 20.8 Å². The molecule has 1 aromatic carbocycles. The molecule has 0 atom stereocenters. The third-order valence-corrected chi connectivity index (χ3v) is 6.68. The number of ether oxygens (including phenoxy) is 2. The molecule has 29 heavy (non-hydrogen) atoms. The molecule has 2 heterocycles. The maximum Gasteiger partial charge on any atom is 0.515 e. The van der Waals surface area contributed by atoms with Gasteiger partial charge in [-0.15, -0.1) is 11.8 Å². The van der Waals surface area contributed by atoms with Crippen molar-refractivity contribution in [3.63, 3.8) is 0 Å². The minimum Gasteiger partial charge on any atom is -0.434 e. The van der Waals surface area contributed by atoms with Crippen molar-refractivity contribution >= 4 is 23.7 Å². The van der Waals surface area contributed by atoms with Gasteiger partial charge in [0.05, 0.1) is 12.3 Å². The SMILES string of the molecule is CCOC(=O)Oc1c(C(=O)c2cc(C)c3c(c2C)C(C)(C)CCS3)c(C)nn1C. The van der Waals surface area contributed by atoms with Gasteiger partial charge in [-0.1, -0.05) is 13.8 Å². The van der Waals surface area contributed by atoms with E-state index in [1.54, 1.807) is 20.9 Å². The number of rotatable bonds is 4. The quantitative estimate of drug-likeness (QED) is 0.522. The Morgan fingerprint density at radius 3 is 2.62 bits per heavy atom. The number of fused-ring (bicyclic) bond motifs is 1. The number of thioether (sulfide) groups is 1. The summed E-state index contributed by atoms with van der Waals surface area (Å²) in [6.45, 7) is 12.2. The number of hydrogen-bond acceptors (Lipinski definition) is 6. The van der Waals surface area contributed by atoms with Gasteiger partial charge in [0.15, 0.2) is 0 Å². The summed E-state index contributed by atoms with van der Waals surface area (Å²) < 4.78 is 11.6. The Morgan fingerprint density at radius 1 is 1.28 bits per heavy atom. The van der Waals surface area contributed by atoms with E-state index < -0.39 is 6.16 Å². The van der Waals surface area contributed by atoms with Crippen LogP contribution < -0.4 is 4.74 Å². The van der Waals surface area contributed by atoms with Crippen molar-refractivity contribution < 1.29 is 19.1 Å². The molecule has 3 rings (SSSR count). The first-order valence-corrected chi connectivity index (χ1v) is 10.8. The molecular formula is C22H28N2O4S. The standard InChI is InChI=1S/C22H28N2O4S/c1-8-27-21(26)28-20-16(14(4)23-24(20)7)18(25)15-11-12(2)19-17(13(15)3)22(5,6)9-10-29-19/h11H,8-10H2,1-7H3. The van der Waals surface area contributed by atoms with Crippen molar-refractivity contribution in [2.24, 2.45) is 7.05 Å². The molecule has 156 valence electrons. The molecule has 0 saturated heterocycles. The highest BCUT2D eigenvalue weighted by atomic mass is 32.2. The lowest BCUT2D eigenvalue weighted by molar-refractivity contribution is 0.0981. The largest absolute Gasteiger partial charge is 0.515 e. The zero-order chi connectivity index (χ0) is 21.5. The Hall–Kier alpha value is -2.28. The number of benzene rings is 1. The molecule has 0 amide bonds. The topological polar surface area (TPSA) is 70.4 Å². The van der Waals surface area contributed by atoms with Gasteiger partial charge in [0.2, 0.25) is 11.7 Å². The highest BCUT2D eigenvalue weighted by Crippen LogP contribution is 2.46. The summed E-state index contributed by atoms with van der Waals surface area (Å²) in [7, 11) is 1.64. The van der Waals surface area contributed by atoms with E-state index in [1.807, 2.05) is 24.8 Å². The molecule has 0 N–H and O–H groups in total. The number of nitrogens with zero attached hydrogens (tertiary/aromatic N) is 2. The summed E-state index contributed by atoms with van der Waals surface area (Å²) in [5.74, 6) is 0.992. The molecule has 1 aliphatic heterocycles. The molecule has 6 nitrogen and oxygen atoms in total. The highest BCUT2D eigenvalue weighted by Gasteiger charge is 2.34. The van der Waals surface area contributed by atoms with Crippen LogP contribution in [-0.4, -0.2) is 34.1 Å². The zero-order valence-electron chi connectivity index (χ0n) is 18.1. The first kappa shape index (κ1) is 21.4. The molecular weight excluding hydrogens is 388 g/mol. The van der Waals surface area contributed by atoms with Crippen molar-refractivity contribution in [3.05, 3.63) is 39.6 Å². The summed E-state index contributed by atoms with van der Waals surface area (Å²) in [4.78, 5) is 26.8. The molecule has 7 heteroatoms. The molecule has 0 radical (unpaired) electrons. The van der Waals surface area contributed by atoms with Crippen LogP contribution in [-0.2, 0) is 17.2 Å². The smallest absolute Gasteiger partial charge is 0.434 e. The molecule has 0 bridgehead atoms. The maximum atomic E-state index is 13.6. The van der Waals surface area contributed by atoms with Crippen molar-refractivity contribution in [2.45, 2.75) is 58.3 Å². The lowest BCUT2D eigenvalue weighted by atomic mass is 9.76. The molecule has 0 unspecified atom stereocenters. The van der Waals surface area contributed by atoms with Gasteiger partial charge in [0.25, 0.3) is 0 Å². The Labute approximate surface area is 176 Å². The fraction of sp³-hybridized carbons (Fsp3) is 0.500. The predicted octanol–water partition coefficient (Wildman–Crippen LogP) is 4.89. The fourth-order valence-corrected chi connectivity index (χ4v) is 5.72. The second kappa shape index (κ2) is 7.86. The van der Waals surface area contributed by atoms with E-state index in [1.165, 1.54) is 15.1 Å². The van der Waals surface area contributed by atoms with Crippen LogP contribution in [0.25, 0.3) is 0 Å². The summed E-state index contributed by atoms with van der Waals surface area (Å²) in [6, 6.07) is 1.95. The molecule has 0 saturated carbocycles. The van der Waals surface area contributed by atoms with Crippen LogP contribution >= 0.6 is 11.8 Å². The Morgan fingerprint density at radius 2 is 1.97 bits per heavy atom. The minimum absolute atomic E-state index is 0.0000387. The van der Waals surface area contributed by atoms with Crippen molar-refractivity contribution in [1.29, 1.82) is 0 Å². The number of carbonyl (C=O) groups excluding carboxylic acids is 2. The molecule has 0 spiro atoms. The van der Waals surface area contributed by atoms with Gasteiger partial charge < -0.3 is 9.47 Å². The van der Waals surface area contributed by atoms with E-state index in [0.29, 0.717) is 16.8 Å². The lowest BCUT2D eigenvalue weighted by Crippen LogP contribution is -2.26. The van der Waals surface area contributed by atoms with E-state index >= 15 is 0 Å². The van der Waals surface area contributed by atoms with Crippen molar-refractivity contribution in [1.82, 2.24) is 9.78 Å². The van der Waals surface area contributed by atoms with E-state index in [2.05, 4.69) is 25.9 Å². The number of ketones is 1. The van der Waals surface area contributed by atoms with E-state index in [9.17, 15) is 9.59 Å². The van der Waals surface area contributed by atoms with Gasteiger partial charge in [-0.25, -0.2) is 9.48 Å². The van der Waals surface area contributed by atoms with Crippen molar-refractivity contribution in [3.8, 4) is 5.88 Å². The van der Waals surface area contributed by atoms with Crippen LogP contribution in [0.5, 0.6) is 5.88 Å². The summed E-state index contributed by atoms with van der Waals surface area (Å²) in [6.07, 6.45) is 0.214. The molecule has 0 fully saturated rings. The van der Waals surface area contributed by atoms with Gasteiger partial charge in [-0.3, -0.25) is 4.79 Å². The second-order valence-electron chi connectivity index (χ2n) is 8.06. The Bertz CT molecular complexity index is 991. The molecule has 1 aromatic heterocycles. The van der Waals surface area contributed by atoms with Crippen LogP contribution in [0.1, 0.15) is 65.5 Å². The van der Waals surface area contributed by atoms with Crippen molar-refractivity contribution in [2.75, 3.05) is 12.4 Å². The average Bonchev–Trinajstić information content (AvgIpc) is 2.90. The van der Waals surface area contributed by atoms with Gasteiger partial charge in [-0.2, -0.15) is 5.10 Å². The second-order valence-corrected chi connectivity index (χ2v) is 9.16. The third kappa shape index (κ3) is 3.80. The Balaban J connectivity index is 2.14. The molecule has 0 aliphatic carbocycles. The minimum atomic E-state index is -0.847. The molecule has 2 aromatic rings. The van der Waals surface area contributed by atoms with E-state index in [0.717, 1.165) is 23.3 Å². The van der Waals surface area contributed by atoms with Crippen LogP contribution in [0.4, 0.5) is 4.79 Å².